The Morgan fingerprint density at radius 2 is 1.69 bits per heavy atom. The van der Waals surface area contributed by atoms with Crippen LogP contribution in [0.15, 0.2) is 50.8 Å². The van der Waals surface area contributed by atoms with Gasteiger partial charge in [0.2, 0.25) is 10.0 Å². The number of hydrogen-bond acceptors (Lipinski definition) is 5. The van der Waals surface area contributed by atoms with E-state index in [4.69, 9.17) is 9.47 Å². The van der Waals surface area contributed by atoms with E-state index < -0.39 is 10.0 Å². The maximum absolute atomic E-state index is 12.8. The Morgan fingerprint density at radius 3 is 2.28 bits per heavy atom. The number of hydrogen-bond donors (Lipinski definition) is 0. The van der Waals surface area contributed by atoms with E-state index in [1.165, 1.54) is 0 Å². The topological polar surface area (TPSA) is 68.2 Å². The van der Waals surface area contributed by atoms with E-state index in [-0.39, 0.29) is 0 Å². The molecular weight excluding hydrogens is 456 g/mol. The number of benzene rings is 2. The second kappa shape index (κ2) is 9.28. The van der Waals surface area contributed by atoms with Gasteiger partial charge in [0.25, 0.3) is 0 Å². The van der Waals surface area contributed by atoms with Crippen LogP contribution in [0.4, 0.5) is 5.69 Å². The molecule has 1 fully saturated rings. The molecule has 0 amide bonds. The maximum atomic E-state index is 12.8. The fourth-order valence-electron chi connectivity index (χ4n) is 3.21. The van der Waals surface area contributed by atoms with Crippen molar-refractivity contribution in [1.82, 2.24) is 4.31 Å². The Balaban J connectivity index is 1.78. The highest BCUT2D eigenvalue weighted by atomic mass is 79.9. The zero-order valence-corrected chi connectivity index (χ0v) is 19.2. The van der Waals surface area contributed by atoms with Crippen molar-refractivity contribution in [2.75, 3.05) is 27.3 Å². The molecule has 0 aromatic heterocycles. The van der Waals surface area contributed by atoms with Gasteiger partial charge in [-0.2, -0.15) is 4.31 Å². The van der Waals surface area contributed by atoms with Gasteiger partial charge in [-0.3, -0.25) is 4.99 Å². The zero-order chi connectivity index (χ0) is 21.0. The van der Waals surface area contributed by atoms with Crippen molar-refractivity contribution in [1.29, 1.82) is 0 Å². The number of halogens is 1. The molecule has 0 N–H and O–H groups in total. The second-order valence-electron chi connectivity index (χ2n) is 7.07. The third kappa shape index (κ3) is 4.99. The summed E-state index contributed by atoms with van der Waals surface area (Å²) < 4.78 is 38.7. The lowest BCUT2D eigenvalue weighted by molar-refractivity contribution is 0.288. The van der Waals surface area contributed by atoms with Crippen molar-refractivity contribution in [2.45, 2.75) is 24.7 Å². The van der Waals surface area contributed by atoms with Crippen LogP contribution in [-0.4, -0.2) is 46.2 Å². The van der Waals surface area contributed by atoms with Crippen LogP contribution in [0.25, 0.3) is 0 Å². The smallest absolute Gasteiger partial charge is 0.243 e. The van der Waals surface area contributed by atoms with Crippen molar-refractivity contribution < 1.29 is 17.9 Å². The summed E-state index contributed by atoms with van der Waals surface area (Å²) in [5.41, 5.74) is 1.43. The molecule has 3 rings (SSSR count). The molecule has 6 nitrogen and oxygen atoms in total. The molecule has 29 heavy (non-hydrogen) atoms. The molecule has 8 heteroatoms. The van der Waals surface area contributed by atoms with Crippen LogP contribution in [-0.2, 0) is 10.0 Å². The third-order valence-corrected chi connectivity index (χ3v) is 7.61. The first-order chi connectivity index (χ1) is 13.8. The molecule has 0 atom stereocenters. The summed E-state index contributed by atoms with van der Waals surface area (Å²) in [4.78, 5) is 4.75. The van der Waals surface area contributed by atoms with Crippen LogP contribution in [0.1, 0.15) is 25.3 Å². The van der Waals surface area contributed by atoms with E-state index in [1.54, 1.807) is 55.1 Å². The molecule has 1 aliphatic heterocycles. The Bertz CT molecular complexity index is 982. The first-order valence-corrected chi connectivity index (χ1v) is 11.6. The molecule has 1 aliphatic rings. The first kappa shape index (κ1) is 21.8. The van der Waals surface area contributed by atoms with E-state index in [1.807, 2.05) is 6.07 Å². The van der Waals surface area contributed by atoms with E-state index in [0.717, 1.165) is 22.9 Å². The molecule has 0 bridgehead atoms. The number of aliphatic imine (C=N–C) groups is 1. The first-order valence-electron chi connectivity index (χ1n) is 9.41. The molecule has 1 saturated heterocycles. The number of nitrogens with zero attached hydrogens (tertiary/aromatic N) is 2. The van der Waals surface area contributed by atoms with Crippen LogP contribution in [0, 0.1) is 5.92 Å². The predicted octanol–water partition coefficient (Wildman–Crippen LogP) is 4.64. The normalized spacial score (nSPS) is 16.3. The quantitative estimate of drug-likeness (QED) is 0.564. The van der Waals surface area contributed by atoms with E-state index >= 15 is 0 Å². The van der Waals surface area contributed by atoms with Crippen LogP contribution in [0.2, 0.25) is 0 Å². The van der Waals surface area contributed by atoms with Crippen molar-refractivity contribution >= 4 is 37.9 Å². The summed E-state index contributed by atoms with van der Waals surface area (Å²) >= 11 is 3.46. The minimum Gasteiger partial charge on any atom is -0.496 e. The van der Waals surface area contributed by atoms with Crippen LogP contribution in [0.5, 0.6) is 11.5 Å². The molecule has 156 valence electrons. The summed E-state index contributed by atoms with van der Waals surface area (Å²) in [6, 6.07) is 10.3. The maximum Gasteiger partial charge on any atom is 0.243 e. The highest BCUT2D eigenvalue weighted by Crippen LogP contribution is 2.32. The van der Waals surface area contributed by atoms with Gasteiger partial charge < -0.3 is 9.47 Å². The van der Waals surface area contributed by atoms with Crippen molar-refractivity contribution in [3.63, 3.8) is 0 Å². The number of methoxy groups -OCH3 is 2. The summed E-state index contributed by atoms with van der Waals surface area (Å²) in [6.45, 7) is 3.32. The minimum absolute atomic E-state index is 0.302. The molecule has 1 heterocycles. The lowest BCUT2D eigenvalue weighted by Gasteiger charge is -2.29. The third-order valence-electron chi connectivity index (χ3n) is 5.07. The van der Waals surface area contributed by atoms with Gasteiger partial charge in [-0.1, -0.05) is 6.92 Å². The Morgan fingerprint density at radius 1 is 1.07 bits per heavy atom. The molecule has 0 saturated carbocycles. The van der Waals surface area contributed by atoms with Crippen LogP contribution >= 0.6 is 15.9 Å². The summed E-state index contributed by atoms with van der Waals surface area (Å²) in [6.07, 6.45) is 3.49. The Kier molecular flexibility index (Phi) is 6.97. The van der Waals surface area contributed by atoms with Gasteiger partial charge in [0, 0.05) is 30.9 Å². The van der Waals surface area contributed by atoms with E-state index in [2.05, 4.69) is 27.8 Å². The fourth-order valence-corrected chi connectivity index (χ4v) is 5.20. The zero-order valence-electron chi connectivity index (χ0n) is 16.8. The second-order valence-corrected chi connectivity index (χ2v) is 9.86. The Labute approximate surface area is 180 Å². The lowest BCUT2D eigenvalue weighted by atomic mass is 10.0. The Hall–Kier alpha value is -1.90. The molecule has 0 radical (unpaired) electrons. The summed E-state index contributed by atoms with van der Waals surface area (Å²) in [7, 11) is -0.277. The largest absolute Gasteiger partial charge is 0.496 e. The minimum atomic E-state index is -3.45. The fraction of sp³-hybridized carbons (Fsp3) is 0.381. The molecular formula is C21H25BrN2O4S. The van der Waals surface area contributed by atoms with E-state index in [0.29, 0.717) is 41.1 Å². The highest BCUT2D eigenvalue weighted by Gasteiger charge is 2.27. The predicted molar refractivity (Wildman–Crippen MR) is 118 cm³/mol. The monoisotopic (exact) mass is 480 g/mol. The highest BCUT2D eigenvalue weighted by molar-refractivity contribution is 9.10. The van der Waals surface area contributed by atoms with E-state index in [9.17, 15) is 8.42 Å². The molecule has 2 aromatic carbocycles. The van der Waals surface area contributed by atoms with Crippen molar-refractivity contribution in [3.05, 3.63) is 46.4 Å². The van der Waals surface area contributed by atoms with Crippen molar-refractivity contribution in [2.24, 2.45) is 10.9 Å². The lowest BCUT2D eigenvalue weighted by Crippen LogP contribution is -2.37. The average Bonchev–Trinajstić information content (AvgIpc) is 2.73. The van der Waals surface area contributed by atoms with Gasteiger partial charge in [0.1, 0.15) is 11.5 Å². The number of ether oxygens (including phenoxy) is 2. The van der Waals surface area contributed by atoms with Gasteiger partial charge >= 0.3 is 0 Å². The molecule has 0 unspecified atom stereocenters. The number of sulfonamides is 1. The molecule has 2 aromatic rings. The van der Waals surface area contributed by atoms with Gasteiger partial charge in [-0.05, 0) is 65.0 Å². The van der Waals surface area contributed by atoms with Gasteiger partial charge in [0.05, 0.1) is 29.3 Å². The van der Waals surface area contributed by atoms with Crippen LogP contribution in [0.3, 0.4) is 0 Å². The standard InChI is InChI=1S/C21H25BrN2O4S/c1-15-8-10-24(11-9-15)29(25,26)18-6-4-17(5-7-18)23-14-16-12-19(22)21(28-3)13-20(16)27-2/h4-7,12-15H,8-11H2,1-3H3. The van der Waals surface area contributed by atoms with Gasteiger partial charge in [-0.25, -0.2) is 8.42 Å². The van der Waals surface area contributed by atoms with Gasteiger partial charge in [-0.15, -0.1) is 0 Å². The average molecular weight is 481 g/mol. The molecule has 0 aliphatic carbocycles. The SMILES string of the molecule is COc1cc(OC)c(C=Nc2ccc(S(=O)(=O)N3CCC(C)CC3)cc2)cc1Br. The van der Waals surface area contributed by atoms with Crippen LogP contribution < -0.4 is 9.47 Å². The summed E-state index contributed by atoms with van der Waals surface area (Å²) in [5, 5.41) is 0. The van der Waals surface area contributed by atoms with Crippen molar-refractivity contribution in [3.8, 4) is 11.5 Å². The molecule has 0 spiro atoms. The number of piperidine rings is 1. The summed E-state index contributed by atoms with van der Waals surface area (Å²) in [5.74, 6) is 1.88. The number of rotatable bonds is 6. The van der Waals surface area contributed by atoms with Gasteiger partial charge in [0.15, 0.2) is 0 Å².